The molecule has 1 aromatic carbocycles. The molecular weight excluding hydrogens is 252 g/mol. The van der Waals surface area contributed by atoms with E-state index in [1.54, 1.807) is 19.4 Å². The zero-order valence-corrected chi connectivity index (χ0v) is 11.5. The van der Waals surface area contributed by atoms with Crippen molar-refractivity contribution in [3.63, 3.8) is 0 Å². The Balaban J connectivity index is 2.26. The van der Waals surface area contributed by atoms with Crippen LogP contribution in [0.3, 0.4) is 0 Å². The van der Waals surface area contributed by atoms with Gasteiger partial charge in [-0.05, 0) is 43.3 Å². The maximum absolute atomic E-state index is 11.0. The Labute approximate surface area is 118 Å². The summed E-state index contributed by atoms with van der Waals surface area (Å²) in [5.74, 6) is 1.46. The van der Waals surface area contributed by atoms with Gasteiger partial charge in [0.2, 0.25) is 0 Å². The van der Waals surface area contributed by atoms with E-state index in [1.807, 2.05) is 36.4 Å². The molecule has 20 heavy (non-hydrogen) atoms. The van der Waals surface area contributed by atoms with Gasteiger partial charge < -0.3 is 10.1 Å². The lowest BCUT2D eigenvalue weighted by Gasteiger charge is -2.09. The van der Waals surface area contributed by atoms with E-state index >= 15 is 0 Å². The Morgan fingerprint density at radius 1 is 1.30 bits per heavy atom. The number of carbonyl (C=O) groups is 1. The number of aromatic nitrogens is 1. The molecule has 4 heteroatoms. The van der Waals surface area contributed by atoms with Crippen LogP contribution in [0.25, 0.3) is 6.08 Å². The van der Waals surface area contributed by atoms with Gasteiger partial charge in [-0.25, -0.2) is 4.98 Å². The first-order valence-corrected chi connectivity index (χ1v) is 6.24. The minimum absolute atomic E-state index is 0.00110. The third-order valence-electron chi connectivity index (χ3n) is 2.67. The van der Waals surface area contributed by atoms with E-state index < -0.39 is 0 Å². The molecule has 0 aliphatic carbocycles. The summed E-state index contributed by atoms with van der Waals surface area (Å²) in [5, 5.41) is 3.22. The molecule has 2 aromatic rings. The number of hydrogen-bond acceptors (Lipinski definition) is 4. The molecule has 0 fully saturated rings. The average molecular weight is 268 g/mol. The van der Waals surface area contributed by atoms with Crippen LogP contribution in [0.2, 0.25) is 0 Å². The van der Waals surface area contributed by atoms with E-state index in [0.717, 1.165) is 17.0 Å². The van der Waals surface area contributed by atoms with Crippen molar-refractivity contribution in [1.29, 1.82) is 0 Å². The number of nitrogens with zero attached hydrogens (tertiary/aromatic N) is 1. The number of allylic oxidation sites excluding steroid dienone is 1. The van der Waals surface area contributed by atoms with Crippen LogP contribution in [0, 0.1) is 0 Å². The fraction of sp³-hybridized carbons (Fsp3) is 0.125. The Morgan fingerprint density at radius 2 is 2.15 bits per heavy atom. The molecule has 2 rings (SSSR count). The molecule has 0 aliphatic rings. The fourth-order valence-corrected chi connectivity index (χ4v) is 1.70. The minimum Gasteiger partial charge on any atom is -0.497 e. The van der Waals surface area contributed by atoms with Crippen molar-refractivity contribution in [3.8, 4) is 5.75 Å². The third-order valence-corrected chi connectivity index (χ3v) is 2.67. The number of carbonyl (C=O) groups excluding carboxylic acids is 1. The van der Waals surface area contributed by atoms with Crippen LogP contribution < -0.4 is 10.1 Å². The molecular formula is C16H16N2O2. The summed E-state index contributed by atoms with van der Waals surface area (Å²) in [7, 11) is 1.63. The lowest BCUT2D eigenvalue weighted by molar-refractivity contribution is -0.112. The van der Waals surface area contributed by atoms with Gasteiger partial charge in [-0.1, -0.05) is 6.07 Å². The molecule has 0 amide bonds. The zero-order valence-electron chi connectivity index (χ0n) is 11.5. The summed E-state index contributed by atoms with van der Waals surface area (Å²) in [5.41, 5.74) is 1.73. The first kappa shape index (κ1) is 13.8. The first-order valence-electron chi connectivity index (χ1n) is 6.24. The molecule has 0 bridgehead atoms. The minimum atomic E-state index is 0.00110. The van der Waals surface area contributed by atoms with Crippen molar-refractivity contribution < 1.29 is 9.53 Å². The Morgan fingerprint density at radius 3 is 2.90 bits per heavy atom. The van der Waals surface area contributed by atoms with E-state index in [2.05, 4.69) is 10.3 Å². The van der Waals surface area contributed by atoms with Crippen LogP contribution >= 0.6 is 0 Å². The topological polar surface area (TPSA) is 51.2 Å². The number of nitrogens with one attached hydrogen (secondary N) is 1. The SMILES string of the molecule is COc1cccc(Nc2ncccc2/C=C/C(C)=O)c1. The van der Waals surface area contributed by atoms with Gasteiger partial charge in [0.25, 0.3) is 0 Å². The molecule has 0 spiro atoms. The second kappa shape index (κ2) is 6.52. The molecule has 1 aromatic heterocycles. The average Bonchev–Trinajstić information content (AvgIpc) is 2.46. The van der Waals surface area contributed by atoms with Crippen molar-refractivity contribution in [3.05, 3.63) is 54.2 Å². The van der Waals surface area contributed by atoms with E-state index in [9.17, 15) is 4.79 Å². The number of anilines is 2. The monoisotopic (exact) mass is 268 g/mol. The van der Waals surface area contributed by atoms with Gasteiger partial charge in [0.1, 0.15) is 11.6 Å². The van der Waals surface area contributed by atoms with Crippen molar-refractivity contribution in [2.75, 3.05) is 12.4 Å². The number of pyridine rings is 1. The quantitative estimate of drug-likeness (QED) is 0.844. The molecule has 1 N–H and O–H groups in total. The molecule has 0 radical (unpaired) electrons. The Hall–Kier alpha value is -2.62. The number of benzene rings is 1. The molecule has 0 saturated carbocycles. The smallest absolute Gasteiger partial charge is 0.152 e. The van der Waals surface area contributed by atoms with Gasteiger partial charge in [0.05, 0.1) is 7.11 Å². The zero-order chi connectivity index (χ0) is 14.4. The van der Waals surface area contributed by atoms with Crippen LogP contribution in [0.5, 0.6) is 5.75 Å². The van der Waals surface area contributed by atoms with E-state index in [4.69, 9.17) is 4.74 Å². The second-order valence-electron chi connectivity index (χ2n) is 4.24. The Bertz CT molecular complexity index is 636. The number of hydrogen-bond donors (Lipinski definition) is 1. The summed E-state index contributed by atoms with van der Waals surface area (Å²) in [6.07, 6.45) is 4.97. The van der Waals surface area contributed by atoms with Crippen LogP contribution in [0.15, 0.2) is 48.7 Å². The Kier molecular flexibility index (Phi) is 4.50. The van der Waals surface area contributed by atoms with Crippen LogP contribution in [-0.4, -0.2) is 17.9 Å². The standard InChI is InChI=1S/C16H16N2O2/c1-12(19)8-9-13-5-4-10-17-16(13)18-14-6-3-7-15(11-14)20-2/h3-11H,1-2H3,(H,17,18)/b9-8+. The predicted octanol–water partition coefficient (Wildman–Crippen LogP) is 3.44. The third kappa shape index (κ3) is 3.68. The first-order chi connectivity index (χ1) is 9.69. The highest BCUT2D eigenvalue weighted by Crippen LogP contribution is 2.22. The van der Waals surface area contributed by atoms with E-state index in [-0.39, 0.29) is 5.78 Å². The molecule has 0 aliphatic heterocycles. The highest BCUT2D eigenvalue weighted by atomic mass is 16.5. The summed E-state index contributed by atoms with van der Waals surface area (Å²) in [6.45, 7) is 1.52. The molecule has 0 unspecified atom stereocenters. The maximum Gasteiger partial charge on any atom is 0.152 e. The predicted molar refractivity (Wildman–Crippen MR) is 80.2 cm³/mol. The van der Waals surface area contributed by atoms with Gasteiger partial charge in [0, 0.05) is 23.5 Å². The fourth-order valence-electron chi connectivity index (χ4n) is 1.70. The molecule has 1 heterocycles. The molecule has 0 atom stereocenters. The van der Waals surface area contributed by atoms with Crippen molar-refractivity contribution in [2.45, 2.75) is 6.92 Å². The largest absolute Gasteiger partial charge is 0.497 e. The number of rotatable bonds is 5. The summed E-state index contributed by atoms with van der Waals surface area (Å²) < 4.78 is 5.18. The van der Waals surface area contributed by atoms with Crippen molar-refractivity contribution in [1.82, 2.24) is 4.98 Å². The van der Waals surface area contributed by atoms with Crippen molar-refractivity contribution >= 4 is 23.4 Å². The molecule has 102 valence electrons. The van der Waals surface area contributed by atoms with Crippen molar-refractivity contribution in [2.24, 2.45) is 0 Å². The highest BCUT2D eigenvalue weighted by molar-refractivity contribution is 5.92. The second-order valence-corrected chi connectivity index (χ2v) is 4.24. The van der Waals surface area contributed by atoms with Crippen LogP contribution in [0.1, 0.15) is 12.5 Å². The van der Waals surface area contributed by atoms with Gasteiger partial charge in [-0.2, -0.15) is 0 Å². The summed E-state index contributed by atoms with van der Waals surface area (Å²) in [6, 6.07) is 11.3. The van der Waals surface area contributed by atoms with Gasteiger partial charge >= 0.3 is 0 Å². The normalized spacial score (nSPS) is 10.5. The van der Waals surface area contributed by atoms with Gasteiger partial charge in [0.15, 0.2) is 5.78 Å². The highest BCUT2D eigenvalue weighted by Gasteiger charge is 2.02. The summed E-state index contributed by atoms with van der Waals surface area (Å²) >= 11 is 0. The number of ketones is 1. The van der Waals surface area contributed by atoms with Crippen LogP contribution in [0.4, 0.5) is 11.5 Å². The van der Waals surface area contributed by atoms with E-state index in [1.165, 1.54) is 13.0 Å². The lowest BCUT2D eigenvalue weighted by atomic mass is 10.2. The number of methoxy groups -OCH3 is 1. The lowest BCUT2D eigenvalue weighted by Crippen LogP contribution is -1.96. The molecule has 4 nitrogen and oxygen atoms in total. The van der Waals surface area contributed by atoms with Gasteiger partial charge in [-0.15, -0.1) is 0 Å². The van der Waals surface area contributed by atoms with Gasteiger partial charge in [-0.3, -0.25) is 4.79 Å². The molecule has 0 saturated heterocycles. The number of ether oxygens (including phenoxy) is 1. The maximum atomic E-state index is 11.0. The van der Waals surface area contributed by atoms with E-state index in [0.29, 0.717) is 5.82 Å². The van der Waals surface area contributed by atoms with Crippen LogP contribution in [-0.2, 0) is 4.79 Å². The summed E-state index contributed by atoms with van der Waals surface area (Å²) in [4.78, 5) is 15.3.